The highest BCUT2D eigenvalue weighted by molar-refractivity contribution is 7.22. The maximum absolute atomic E-state index is 6.06. The van der Waals surface area contributed by atoms with Crippen LogP contribution in [0.5, 0.6) is 0 Å². The molecule has 0 saturated heterocycles. The molecule has 0 radical (unpaired) electrons. The van der Waals surface area contributed by atoms with Crippen LogP contribution in [-0.2, 0) is 6.42 Å². The predicted molar refractivity (Wildman–Crippen MR) is 59.3 cm³/mol. The first-order valence-electron chi connectivity index (χ1n) is 4.69. The zero-order valence-corrected chi connectivity index (χ0v) is 8.47. The number of benzene rings is 1. The molecule has 1 atom stereocenters. The first-order chi connectivity index (χ1) is 6.75. The summed E-state index contributed by atoms with van der Waals surface area (Å²) in [4.78, 5) is 4.27. The van der Waals surface area contributed by atoms with Crippen molar-refractivity contribution in [1.29, 1.82) is 0 Å². The highest BCUT2D eigenvalue weighted by Gasteiger charge is 2.22. The maximum atomic E-state index is 6.06. The van der Waals surface area contributed by atoms with Crippen molar-refractivity contribution in [2.45, 2.75) is 18.9 Å². The van der Waals surface area contributed by atoms with Crippen molar-refractivity contribution in [2.75, 3.05) is 5.73 Å². The van der Waals surface area contributed by atoms with Gasteiger partial charge in [-0.25, -0.2) is 4.98 Å². The summed E-state index contributed by atoms with van der Waals surface area (Å²) in [5.74, 6) is 0. The Kier molecular flexibility index (Phi) is 1.57. The van der Waals surface area contributed by atoms with Crippen LogP contribution in [0.1, 0.15) is 23.6 Å². The van der Waals surface area contributed by atoms with Crippen molar-refractivity contribution in [1.82, 2.24) is 4.98 Å². The summed E-state index contributed by atoms with van der Waals surface area (Å²) in [5.41, 5.74) is 15.4. The van der Waals surface area contributed by atoms with Gasteiger partial charge in [0.1, 0.15) is 0 Å². The molecule has 1 aliphatic carbocycles. The Morgan fingerprint density at radius 2 is 2.29 bits per heavy atom. The van der Waals surface area contributed by atoms with Crippen molar-refractivity contribution in [3.8, 4) is 0 Å². The van der Waals surface area contributed by atoms with E-state index >= 15 is 0 Å². The number of hydrogen-bond acceptors (Lipinski definition) is 4. The Hall–Kier alpha value is -1.13. The molecule has 0 aliphatic heterocycles. The summed E-state index contributed by atoms with van der Waals surface area (Å²) in [5, 5.41) is 0.632. The Morgan fingerprint density at radius 3 is 3.14 bits per heavy atom. The fraction of sp³-hybridized carbons (Fsp3) is 0.300. The van der Waals surface area contributed by atoms with Gasteiger partial charge in [0, 0.05) is 6.04 Å². The first-order valence-corrected chi connectivity index (χ1v) is 5.51. The second-order valence-corrected chi connectivity index (χ2v) is 4.71. The second kappa shape index (κ2) is 2.68. The third kappa shape index (κ3) is 0.980. The van der Waals surface area contributed by atoms with Gasteiger partial charge < -0.3 is 11.5 Å². The van der Waals surface area contributed by atoms with E-state index in [1.54, 1.807) is 11.3 Å². The van der Waals surface area contributed by atoms with Crippen LogP contribution in [0.2, 0.25) is 0 Å². The van der Waals surface area contributed by atoms with E-state index in [4.69, 9.17) is 11.5 Å². The molecular formula is C10H11N3S. The van der Waals surface area contributed by atoms with Crippen molar-refractivity contribution >= 4 is 26.7 Å². The van der Waals surface area contributed by atoms with Gasteiger partial charge in [0.05, 0.1) is 10.2 Å². The van der Waals surface area contributed by atoms with Crippen LogP contribution in [0, 0.1) is 0 Å². The molecule has 0 saturated carbocycles. The maximum Gasteiger partial charge on any atom is 0.181 e. The van der Waals surface area contributed by atoms with Crippen molar-refractivity contribution in [3.63, 3.8) is 0 Å². The van der Waals surface area contributed by atoms with E-state index in [0.717, 1.165) is 18.4 Å². The molecule has 1 aromatic heterocycles. The number of anilines is 1. The monoisotopic (exact) mass is 205 g/mol. The number of hydrogen-bond donors (Lipinski definition) is 2. The normalized spacial score (nSPS) is 20.2. The molecule has 1 unspecified atom stereocenters. The molecule has 0 fully saturated rings. The Bertz CT molecular complexity index is 503. The van der Waals surface area contributed by atoms with E-state index in [0.29, 0.717) is 5.13 Å². The number of fused-ring (bicyclic) bond motifs is 3. The molecule has 1 aliphatic rings. The smallest absolute Gasteiger partial charge is 0.181 e. The molecule has 4 N–H and O–H groups in total. The lowest BCUT2D eigenvalue weighted by atomic mass is 10.1. The third-order valence-corrected chi connectivity index (χ3v) is 3.73. The summed E-state index contributed by atoms with van der Waals surface area (Å²) in [7, 11) is 0. The Balaban J connectivity index is 2.40. The van der Waals surface area contributed by atoms with Gasteiger partial charge in [-0.1, -0.05) is 17.4 Å². The first kappa shape index (κ1) is 8.20. The van der Waals surface area contributed by atoms with Crippen LogP contribution < -0.4 is 11.5 Å². The van der Waals surface area contributed by atoms with Gasteiger partial charge in [0.2, 0.25) is 0 Å². The molecule has 3 nitrogen and oxygen atoms in total. The summed E-state index contributed by atoms with van der Waals surface area (Å²) in [6.07, 6.45) is 2.14. The van der Waals surface area contributed by atoms with E-state index < -0.39 is 0 Å². The number of nitrogen functional groups attached to an aromatic ring is 1. The van der Waals surface area contributed by atoms with Crippen molar-refractivity contribution < 1.29 is 0 Å². The minimum absolute atomic E-state index is 0.175. The van der Waals surface area contributed by atoms with Crippen LogP contribution in [-0.4, -0.2) is 4.98 Å². The fourth-order valence-electron chi connectivity index (χ4n) is 2.15. The van der Waals surface area contributed by atoms with Gasteiger partial charge >= 0.3 is 0 Å². The van der Waals surface area contributed by atoms with Gasteiger partial charge in [-0.05, 0) is 30.0 Å². The molecule has 2 aromatic rings. The number of aromatic nitrogens is 1. The van der Waals surface area contributed by atoms with Crippen LogP contribution in [0.4, 0.5) is 5.13 Å². The molecule has 1 heterocycles. The average Bonchev–Trinajstić information content (AvgIpc) is 2.68. The van der Waals surface area contributed by atoms with Crippen molar-refractivity contribution in [2.24, 2.45) is 5.73 Å². The zero-order valence-electron chi connectivity index (χ0n) is 7.66. The highest BCUT2D eigenvalue weighted by Crippen LogP contribution is 2.38. The summed E-state index contributed by atoms with van der Waals surface area (Å²) < 4.78 is 1.19. The van der Waals surface area contributed by atoms with Crippen LogP contribution in [0.3, 0.4) is 0 Å². The number of rotatable bonds is 0. The Labute approximate surface area is 85.7 Å². The summed E-state index contributed by atoms with van der Waals surface area (Å²) in [6.45, 7) is 0. The molecule has 3 rings (SSSR count). The molecule has 0 bridgehead atoms. The number of thiazole rings is 1. The summed E-state index contributed by atoms with van der Waals surface area (Å²) >= 11 is 1.55. The lowest BCUT2D eigenvalue weighted by Crippen LogP contribution is -2.05. The Morgan fingerprint density at radius 1 is 1.43 bits per heavy atom. The lowest BCUT2D eigenvalue weighted by molar-refractivity contribution is 0.717. The predicted octanol–water partition coefficient (Wildman–Crippen LogP) is 1.82. The highest BCUT2D eigenvalue weighted by atomic mass is 32.1. The topological polar surface area (TPSA) is 64.9 Å². The number of nitrogens with zero attached hydrogens (tertiary/aromatic N) is 1. The quantitative estimate of drug-likeness (QED) is 0.689. The minimum Gasteiger partial charge on any atom is -0.375 e. The van der Waals surface area contributed by atoms with E-state index in [9.17, 15) is 0 Å². The standard InChI is InChI=1S/C10H11N3S/c11-6-3-1-5-2-4-7-9(8(5)6)14-10(12)13-7/h2,4,6H,1,3,11H2,(H2,12,13). The molecule has 0 spiro atoms. The van der Waals surface area contributed by atoms with Gasteiger partial charge in [-0.3, -0.25) is 0 Å². The molecule has 14 heavy (non-hydrogen) atoms. The second-order valence-electron chi connectivity index (χ2n) is 3.68. The van der Waals surface area contributed by atoms with Gasteiger partial charge in [-0.2, -0.15) is 0 Å². The molecule has 72 valence electrons. The number of aryl methyl sites for hydroxylation is 1. The number of nitrogens with two attached hydrogens (primary N) is 2. The van der Waals surface area contributed by atoms with E-state index in [2.05, 4.69) is 11.1 Å². The third-order valence-electron chi connectivity index (χ3n) is 2.80. The van der Waals surface area contributed by atoms with Gasteiger partial charge in [0.25, 0.3) is 0 Å². The van der Waals surface area contributed by atoms with E-state index in [-0.39, 0.29) is 6.04 Å². The van der Waals surface area contributed by atoms with Crippen LogP contribution in [0.25, 0.3) is 10.2 Å². The molecule has 0 amide bonds. The van der Waals surface area contributed by atoms with Crippen molar-refractivity contribution in [3.05, 3.63) is 23.3 Å². The van der Waals surface area contributed by atoms with Crippen LogP contribution in [0.15, 0.2) is 12.1 Å². The van der Waals surface area contributed by atoms with Crippen LogP contribution >= 0.6 is 11.3 Å². The SMILES string of the molecule is Nc1nc2ccc3c(c2s1)C(N)CC3. The molecular weight excluding hydrogens is 194 g/mol. The van der Waals surface area contributed by atoms with E-state index in [1.165, 1.54) is 15.8 Å². The van der Waals surface area contributed by atoms with Gasteiger partial charge in [-0.15, -0.1) is 0 Å². The minimum atomic E-state index is 0.175. The zero-order chi connectivity index (χ0) is 9.71. The summed E-state index contributed by atoms with van der Waals surface area (Å²) in [6, 6.07) is 4.34. The van der Waals surface area contributed by atoms with Gasteiger partial charge in [0.15, 0.2) is 5.13 Å². The van der Waals surface area contributed by atoms with E-state index in [1.807, 2.05) is 6.07 Å². The fourth-order valence-corrected chi connectivity index (χ4v) is 3.11. The largest absolute Gasteiger partial charge is 0.375 e. The molecule has 1 aromatic carbocycles. The molecule has 4 heteroatoms. The average molecular weight is 205 g/mol. The lowest BCUT2D eigenvalue weighted by Gasteiger charge is -2.04.